The van der Waals surface area contributed by atoms with Crippen LogP contribution in [0.3, 0.4) is 0 Å². The van der Waals surface area contributed by atoms with E-state index in [0.29, 0.717) is 19.4 Å². The lowest BCUT2D eigenvalue weighted by molar-refractivity contribution is 0.0635. The van der Waals surface area contributed by atoms with Crippen molar-refractivity contribution in [2.75, 3.05) is 6.54 Å². The maximum Gasteiger partial charge on any atom is 0.257 e. The second-order valence-corrected chi connectivity index (χ2v) is 5.59. The summed E-state index contributed by atoms with van der Waals surface area (Å²) in [7, 11) is 0. The Hall–Kier alpha value is -2.20. The third-order valence-electron chi connectivity index (χ3n) is 4.16. The zero-order valence-corrected chi connectivity index (χ0v) is 12.2. The molecule has 22 heavy (non-hydrogen) atoms. The molecule has 1 aliphatic rings. The summed E-state index contributed by atoms with van der Waals surface area (Å²) < 4.78 is 13.8. The van der Waals surface area contributed by atoms with Crippen LogP contribution in [0.1, 0.15) is 22.3 Å². The highest BCUT2D eigenvalue weighted by molar-refractivity contribution is 5.95. The number of likely N-dealkylation sites (tertiary alicyclic amines) is 1. The molecule has 4 heteroatoms. The summed E-state index contributed by atoms with van der Waals surface area (Å²) >= 11 is 0. The van der Waals surface area contributed by atoms with E-state index in [1.165, 1.54) is 12.1 Å². The van der Waals surface area contributed by atoms with Gasteiger partial charge in [0.1, 0.15) is 5.82 Å². The number of halogens is 1. The molecule has 1 fully saturated rings. The molecule has 3 nitrogen and oxygen atoms in total. The summed E-state index contributed by atoms with van der Waals surface area (Å²) in [6, 6.07) is 15.4. The van der Waals surface area contributed by atoms with Crippen LogP contribution in [0.15, 0.2) is 54.6 Å². The predicted molar refractivity (Wildman–Crippen MR) is 82.0 cm³/mol. The van der Waals surface area contributed by atoms with Gasteiger partial charge in [-0.25, -0.2) is 4.39 Å². The van der Waals surface area contributed by atoms with Gasteiger partial charge in [0.2, 0.25) is 0 Å². The summed E-state index contributed by atoms with van der Waals surface area (Å²) in [6.07, 6.45) is 0.524. The molecule has 1 N–H and O–H groups in total. The molecule has 1 amide bonds. The Morgan fingerprint density at radius 2 is 1.82 bits per heavy atom. The number of hydrogen-bond acceptors (Lipinski definition) is 2. The maximum absolute atomic E-state index is 13.8. The highest BCUT2D eigenvalue weighted by atomic mass is 19.1. The topological polar surface area (TPSA) is 40.5 Å². The van der Waals surface area contributed by atoms with Gasteiger partial charge in [-0.3, -0.25) is 4.79 Å². The molecule has 0 saturated carbocycles. The van der Waals surface area contributed by atoms with Crippen LogP contribution >= 0.6 is 0 Å². The molecule has 2 aromatic rings. The fraction of sp³-hybridized carbons (Fsp3) is 0.278. The van der Waals surface area contributed by atoms with Crippen LogP contribution in [0.5, 0.6) is 0 Å². The zero-order chi connectivity index (χ0) is 15.5. The number of carbonyl (C=O) groups is 1. The zero-order valence-electron chi connectivity index (χ0n) is 12.2. The van der Waals surface area contributed by atoms with Gasteiger partial charge in [-0.1, -0.05) is 42.5 Å². The molecule has 0 bridgehead atoms. The SMILES string of the molecule is O=C(c1ccccc1F)N1CC[C@@H](O)[C@H]1Cc1ccccc1. The summed E-state index contributed by atoms with van der Waals surface area (Å²) in [4.78, 5) is 14.2. The number of aliphatic hydroxyl groups excluding tert-OH is 1. The van der Waals surface area contributed by atoms with E-state index >= 15 is 0 Å². The van der Waals surface area contributed by atoms with E-state index in [4.69, 9.17) is 0 Å². The van der Waals surface area contributed by atoms with Crippen molar-refractivity contribution in [3.8, 4) is 0 Å². The van der Waals surface area contributed by atoms with Crippen LogP contribution in [-0.4, -0.2) is 34.6 Å². The Labute approximate surface area is 129 Å². The van der Waals surface area contributed by atoms with E-state index in [1.54, 1.807) is 17.0 Å². The van der Waals surface area contributed by atoms with E-state index in [1.807, 2.05) is 30.3 Å². The molecular weight excluding hydrogens is 281 g/mol. The van der Waals surface area contributed by atoms with Gasteiger partial charge in [-0.2, -0.15) is 0 Å². The molecule has 0 spiro atoms. The molecule has 0 aliphatic carbocycles. The second kappa shape index (κ2) is 6.28. The van der Waals surface area contributed by atoms with Crippen LogP contribution in [0.2, 0.25) is 0 Å². The van der Waals surface area contributed by atoms with E-state index in [-0.39, 0.29) is 17.5 Å². The highest BCUT2D eigenvalue weighted by Gasteiger charge is 2.36. The molecule has 0 radical (unpaired) electrons. The summed E-state index contributed by atoms with van der Waals surface area (Å²) in [5.74, 6) is -0.872. The van der Waals surface area contributed by atoms with E-state index < -0.39 is 11.9 Å². The van der Waals surface area contributed by atoms with Crippen molar-refractivity contribution >= 4 is 5.91 Å². The first-order chi connectivity index (χ1) is 10.7. The number of benzene rings is 2. The molecule has 1 heterocycles. The van der Waals surface area contributed by atoms with Gasteiger partial charge < -0.3 is 10.0 Å². The molecule has 0 unspecified atom stereocenters. The van der Waals surface area contributed by atoms with Crippen LogP contribution < -0.4 is 0 Å². The first kappa shape index (κ1) is 14.7. The first-order valence-electron chi connectivity index (χ1n) is 7.44. The number of aliphatic hydroxyl groups is 1. The van der Waals surface area contributed by atoms with Gasteiger partial charge in [0, 0.05) is 6.54 Å². The lowest BCUT2D eigenvalue weighted by Gasteiger charge is -2.26. The molecule has 114 valence electrons. The molecule has 2 atom stereocenters. The number of rotatable bonds is 3. The van der Waals surface area contributed by atoms with Crippen molar-refractivity contribution in [3.05, 3.63) is 71.5 Å². The smallest absolute Gasteiger partial charge is 0.257 e. The Morgan fingerprint density at radius 3 is 2.55 bits per heavy atom. The van der Waals surface area contributed by atoms with Crippen molar-refractivity contribution in [1.82, 2.24) is 4.90 Å². The minimum absolute atomic E-state index is 0.0645. The van der Waals surface area contributed by atoms with Gasteiger partial charge in [-0.05, 0) is 30.5 Å². The number of carbonyl (C=O) groups excluding carboxylic acids is 1. The Balaban J connectivity index is 1.83. The monoisotopic (exact) mass is 299 g/mol. The standard InChI is InChI=1S/C18H18FNO2/c19-15-9-5-4-8-14(15)18(22)20-11-10-17(21)16(20)12-13-6-2-1-3-7-13/h1-9,16-17,21H,10-12H2/t16-,17-/m1/s1. The van der Waals surface area contributed by atoms with Crippen molar-refractivity contribution < 1.29 is 14.3 Å². The normalized spacial score (nSPS) is 21.1. The molecule has 3 rings (SSSR count). The summed E-state index contributed by atoms with van der Waals surface area (Å²) in [5.41, 5.74) is 1.12. The van der Waals surface area contributed by atoms with Gasteiger partial charge in [-0.15, -0.1) is 0 Å². The van der Waals surface area contributed by atoms with E-state index in [9.17, 15) is 14.3 Å². The average molecular weight is 299 g/mol. The van der Waals surface area contributed by atoms with Crippen molar-refractivity contribution in [2.45, 2.75) is 25.0 Å². The molecular formula is C18H18FNO2. The minimum Gasteiger partial charge on any atom is -0.391 e. The van der Waals surface area contributed by atoms with Crippen molar-refractivity contribution in [3.63, 3.8) is 0 Å². The highest BCUT2D eigenvalue weighted by Crippen LogP contribution is 2.24. The van der Waals surface area contributed by atoms with E-state index in [0.717, 1.165) is 5.56 Å². The lowest BCUT2D eigenvalue weighted by Crippen LogP contribution is -2.41. The number of hydrogen-bond donors (Lipinski definition) is 1. The predicted octanol–water partition coefficient (Wildman–Crippen LogP) is 2.64. The van der Waals surface area contributed by atoms with Crippen LogP contribution in [-0.2, 0) is 6.42 Å². The fourth-order valence-electron chi connectivity index (χ4n) is 2.98. The Morgan fingerprint density at radius 1 is 1.14 bits per heavy atom. The number of nitrogens with zero attached hydrogens (tertiary/aromatic N) is 1. The van der Waals surface area contributed by atoms with E-state index in [2.05, 4.69) is 0 Å². The van der Waals surface area contributed by atoms with Crippen molar-refractivity contribution in [2.24, 2.45) is 0 Å². The van der Waals surface area contributed by atoms with Crippen LogP contribution in [0.25, 0.3) is 0 Å². The van der Waals surface area contributed by atoms with Gasteiger partial charge in [0.05, 0.1) is 17.7 Å². The minimum atomic E-state index is -0.573. The third-order valence-corrected chi connectivity index (χ3v) is 4.16. The van der Waals surface area contributed by atoms with Crippen LogP contribution in [0.4, 0.5) is 4.39 Å². The molecule has 2 aromatic carbocycles. The van der Waals surface area contributed by atoms with Gasteiger partial charge in [0.15, 0.2) is 0 Å². The number of amides is 1. The quantitative estimate of drug-likeness (QED) is 0.946. The molecule has 1 saturated heterocycles. The second-order valence-electron chi connectivity index (χ2n) is 5.59. The van der Waals surface area contributed by atoms with Crippen LogP contribution in [0, 0.1) is 5.82 Å². The summed E-state index contributed by atoms with van der Waals surface area (Å²) in [6.45, 7) is 0.450. The van der Waals surface area contributed by atoms with Crippen molar-refractivity contribution in [1.29, 1.82) is 0 Å². The Bertz CT molecular complexity index is 659. The molecule has 1 aliphatic heterocycles. The molecule has 0 aromatic heterocycles. The Kier molecular flexibility index (Phi) is 4.20. The van der Waals surface area contributed by atoms with Gasteiger partial charge in [0.25, 0.3) is 5.91 Å². The largest absolute Gasteiger partial charge is 0.391 e. The fourth-order valence-corrected chi connectivity index (χ4v) is 2.98. The average Bonchev–Trinajstić information content (AvgIpc) is 2.89. The summed E-state index contributed by atoms with van der Waals surface area (Å²) in [5, 5.41) is 10.2. The third kappa shape index (κ3) is 2.88. The first-order valence-corrected chi connectivity index (χ1v) is 7.44. The maximum atomic E-state index is 13.8. The lowest BCUT2D eigenvalue weighted by atomic mass is 10.0. The van der Waals surface area contributed by atoms with Gasteiger partial charge >= 0.3 is 0 Å².